The van der Waals surface area contributed by atoms with Crippen molar-refractivity contribution in [1.29, 1.82) is 0 Å². The molecule has 0 spiro atoms. The number of benzene rings is 2. The second-order valence-corrected chi connectivity index (χ2v) is 6.40. The molecule has 10 heteroatoms. The van der Waals surface area contributed by atoms with Crippen molar-refractivity contribution in [1.82, 2.24) is 10.7 Å². The quantitative estimate of drug-likeness (QED) is 0.424. The van der Waals surface area contributed by atoms with Gasteiger partial charge in [0.05, 0.1) is 47.8 Å². The molecule has 0 bridgehead atoms. The number of methoxy groups -OCH3 is 5. The minimum atomic E-state index is -0.502. The van der Waals surface area contributed by atoms with Gasteiger partial charge in [-0.3, -0.25) is 9.59 Å². The molecular weight excluding hydrogens is 418 g/mol. The second-order valence-electron chi connectivity index (χ2n) is 6.40. The van der Waals surface area contributed by atoms with Gasteiger partial charge in [0, 0.05) is 17.2 Å². The standard InChI is InChI=1S/C22H27N3O7/c1-13(16-8-7-15(28-2)11-17(16)29-3)24-25-20(26)12-23-22(27)14-9-18(30-4)21(32-6)19(10-14)31-5/h7-11H,12H2,1-6H3,(H,23,27)(H,25,26)/b24-13+. The molecule has 2 N–H and O–H groups in total. The van der Waals surface area contributed by atoms with Crippen LogP contribution in [0.15, 0.2) is 35.4 Å². The topological polar surface area (TPSA) is 117 Å². The first-order chi connectivity index (χ1) is 15.4. The maximum absolute atomic E-state index is 12.5. The Kier molecular flexibility index (Phi) is 8.70. The predicted molar refractivity (Wildman–Crippen MR) is 118 cm³/mol. The third-order valence-corrected chi connectivity index (χ3v) is 4.48. The van der Waals surface area contributed by atoms with Crippen LogP contribution < -0.4 is 34.4 Å². The molecule has 0 saturated carbocycles. The summed E-state index contributed by atoms with van der Waals surface area (Å²) in [5.74, 6) is 1.22. The number of rotatable bonds is 10. The number of carbonyl (C=O) groups is 2. The van der Waals surface area contributed by atoms with Gasteiger partial charge in [-0.15, -0.1) is 0 Å². The Hall–Kier alpha value is -3.95. The molecule has 10 nitrogen and oxygen atoms in total. The van der Waals surface area contributed by atoms with Crippen molar-refractivity contribution in [3.05, 3.63) is 41.5 Å². The minimum Gasteiger partial charge on any atom is -0.497 e. The maximum Gasteiger partial charge on any atom is 0.259 e. The van der Waals surface area contributed by atoms with E-state index in [4.69, 9.17) is 23.7 Å². The Balaban J connectivity index is 2.03. The van der Waals surface area contributed by atoms with Crippen LogP contribution in [0.5, 0.6) is 28.7 Å². The zero-order chi connectivity index (χ0) is 23.7. The lowest BCUT2D eigenvalue weighted by molar-refractivity contribution is -0.120. The summed E-state index contributed by atoms with van der Waals surface area (Å²) < 4.78 is 26.2. The molecule has 0 aliphatic rings. The number of hydrogen-bond acceptors (Lipinski definition) is 8. The van der Waals surface area contributed by atoms with Crippen LogP contribution in [0.4, 0.5) is 0 Å². The first-order valence-corrected chi connectivity index (χ1v) is 9.52. The van der Waals surface area contributed by atoms with Crippen LogP contribution in [-0.4, -0.2) is 59.6 Å². The summed E-state index contributed by atoms with van der Waals surface area (Å²) in [6.45, 7) is 1.44. The Morgan fingerprint density at radius 1 is 0.844 bits per heavy atom. The van der Waals surface area contributed by atoms with Crippen molar-refractivity contribution in [3.63, 3.8) is 0 Å². The maximum atomic E-state index is 12.5. The van der Waals surface area contributed by atoms with Gasteiger partial charge in [0.15, 0.2) is 11.5 Å². The lowest BCUT2D eigenvalue weighted by Crippen LogP contribution is -2.35. The van der Waals surface area contributed by atoms with Gasteiger partial charge in [0.2, 0.25) is 5.75 Å². The first kappa shape index (κ1) is 24.3. The van der Waals surface area contributed by atoms with E-state index in [9.17, 15) is 9.59 Å². The van der Waals surface area contributed by atoms with Gasteiger partial charge in [-0.1, -0.05) is 0 Å². The molecule has 2 amide bonds. The van der Waals surface area contributed by atoms with Gasteiger partial charge in [-0.2, -0.15) is 5.10 Å². The fraction of sp³-hybridized carbons (Fsp3) is 0.318. The molecule has 0 unspecified atom stereocenters. The average Bonchev–Trinajstić information content (AvgIpc) is 2.83. The lowest BCUT2D eigenvalue weighted by Gasteiger charge is -2.14. The Morgan fingerprint density at radius 3 is 2.00 bits per heavy atom. The molecule has 2 rings (SSSR count). The largest absolute Gasteiger partial charge is 0.497 e. The third kappa shape index (κ3) is 5.81. The van der Waals surface area contributed by atoms with Crippen LogP contribution in [0.1, 0.15) is 22.8 Å². The van der Waals surface area contributed by atoms with E-state index in [1.807, 2.05) is 0 Å². The van der Waals surface area contributed by atoms with Crippen LogP contribution in [-0.2, 0) is 4.79 Å². The summed E-state index contributed by atoms with van der Waals surface area (Å²) in [4.78, 5) is 24.6. The molecule has 2 aromatic rings. The van der Waals surface area contributed by atoms with E-state index in [-0.39, 0.29) is 12.1 Å². The number of hydrogen-bond donors (Lipinski definition) is 2. The normalized spacial score (nSPS) is 10.8. The molecule has 0 fully saturated rings. The molecule has 0 radical (unpaired) electrons. The van der Waals surface area contributed by atoms with Crippen LogP contribution >= 0.6 is 0 Å². The van der Waals surface area contributed by atoms with E-state index in [2.05, 4.69) is 15.8 Å². The van der Waals surface area contributed by atoms with Gasteiger partial charge >= 0.3 is 0 Å². The molecule has 172 valence electrons. The molecule has 0 aliphatic heterocycles. The summed E-state index contributed by atoms with van der Waals surface area (Å²) >= 11 is 0. The SMILES string of the molecule is COc1ccc(/C(C)=N/NC(=O)CNC(=O)c2cc(OC)c(OC)c(OC)c2)c(OC)c1. The number of ether oxygens (including phenoxy) is 5. The van der Waals surface area contributed by atoms with Gasteiger partial charge in [-0.25, -0.2) is 5.43 Å². The molecular formula is C22H27N3O7. The second kappa shape index (κ2) is 11.4. The highest BCUT2D eigenvalue weighted by atomic mass is 16.5. The van der Waals surface area contributed by atoms with Crippen LogP contribution in [0.2, 0.25) is 0 Å². The average molecular weight is 445 g/mol. The zero-order valence-electron chi connectivity index (χ0n) is 18.9. The van der Waals surface area contributed by atoms with Gasteiger partial charge in [0.1, 0.15) is 11.5 Å². The predicted octanol–water partition coefficient (Wildman–Crippen LogP) is 2.00. The summed E-state index contributed by atoms with van der Waals surface area (Å²) in [5.41, 5.74) is 3.87. The molecule has 0 aromatic heterocycles. The van der Waals surface area contributed by atoms with Gasteiger partial charge in [0.25, 0.3) is 11.8 Å². The monoisotopic (exact) mass is 445 g/mol. The van der Waals surface area contributed by atoms with Crippen molar-refractivity contribution in [3.8, 4) is 28.7 Å². The van der Waals surface area contributed by atoms with E-state index in [1.165, 1.54) is 40.6 Å². The van der Waals surface area contributed by atoms with Crippen molar-refractivity contribution in [2.45, 2.75) is 6.92 Å². The van der Waals surface area contributed by atoms with Crippen LogP contribution in [0, 0.1) is 0 Å². The number of hydrazone groups is 1. The first-order valence-electron chi connectivity index (χ1n) is 9.52. The van der Waals surface area contributed by atoms with E-state index in [0.717, 1.165) is 0 Å². The minimum absolute atomic E-state index is 0.245. The van der Waals surface area contributed by atoms with E-state index < -0.39 is 11.8 Å². The van der Waals surface area contributed by atoms with Crippen LogP contribution in [0.25, 0.3) is 0 Å². The highest BCUT2D eigenvalue weighted by Crippen LogP contribution is 2.38. The smallest absolute Gasteiger partial charge is 0.259 e. The number of amides is 2. The number of nitrogens with one attached hydrogen (secondary N) is 2. The molecule has 0 saturated heterocycles. The third-order valence-electron chi connectivity index (χ3n) is 4.48. The van der Waals surface area contributed by atoms with Crippen molar-refractivity contribution < 1.29 is 33.3 Å². The van der Waals surface area contributed by atoms with Gasteiger partial charge in [-0.05, 0) is 31.2 Å². The molecule has 0 atom stereocenters. The Labute approximate surface area is 186 Å². The highest BCUT2D eigenvalue weighted by Gasteiger charge is 2.17. The Bertz CT molecular complexity index is 980. The number of carbonyl (C=O) groups excluding carboxylic acids is 2. The summed E-state index contributed by atoms with van der Waals surface area (Å²) in [5, 5.41) is 6.60. The summed E-state index contributed by atoms with van der Waals surface area (Å²) in [6, 6.07) is 8.23. The highest BCUT2D eigenvalue weighted by molar-refractivity contribution is 6.02. The van der Waals surface area contributed by atoms with Crippen LogP contribution in [0.3, 0.4) is 0 Å². The Morgan fingerprint density at radius 2 is 1.47 bits per heavy atom. The lowest BCUT2D eigenvalue weighted by atomic mass is 10.1. The van der Waals surface area contributed by atoms with Crippen molar-refractivity contribution >= 4 is 17.5 Å². The number of nitrogens with zero attached hydrogens (tertiary/aromatic N) is 1. The summed E-state index contributed by atoms with van der Waals surface area (Å²) in [7, 11) is 7.45. The fourth-order valence-electron chi connectivity index (χ4n) is 2.82. The molecule has 0 aliphatic carbocycles. The van der Waals surface area contributed by atoms with E-state index in [1.54, 1.807) is 32.2 Å². The van der Waals surface area contributed by atoms with Crippen molar-refractivity contribution in [2.24, 2.45) is 5.10 Å². The van der Waals surface area contributed by atoms with Gasteiger partial charge < -0.3 is 29.0 Å². The summed E-state index contributed by atoms with van der Waals surface area (Å²) in [6.07, 6.45) is 0. The van der Waals surface area contributed by atoms with Crippen molar-refractivity contribution in [2.75, 3.05) is 42.1 Å². The van der Waals surface area contributed by atoms with E-state index >= 15 is 0 Å². The van der Waals surface area contributed by atoms with E-state index in [0.29, 0.717) is 40.0 Å². The fourth-order valence-corrected chi connectivity index (χ4v) is 2.82. The molecule has 0 heterocycles. The molecule has 2 aromatic carbocycles. The molecule has 32 heavy (non-hydrogen) atoms. The zero-order valence-corrected chi connectivity index (χ0v) is 18.9.